The van der Waals surface area contributed by atoms with Gasteiger partial charge in [-0.25, -0.2) is 12.8 Å². The molecule has 0 bridgehead atoms. The maximum absolute atomic E-state index is 13.0. The number of halogens is 2. The fraction of sp³-hybridized carbons (Fsp3) is 0.136. The summed E-state index contributed by atoms with van der Waals surface area (Å²) in [5, 5.41) is 3.48. The molecule has 0 aromatic heterocycles. The minimum Gasteiger partial charge on any atom is -0.345 e. The number of hydrogen-bond acceptors (Lipinski definition) is 3. The summed E-state index contributed by atoms with van der Waals surface area (Å²) in [7, 11) is -3.69. The van der Waals surface area contributed by atoms with Gasteiger partial charge in [0.2, 0.25) is 5.91 Å². The second-order valence-corrected chi connectivity index (χ2v) is 9.03. The number of nitrogens with one attached hydrogen (secondary N) is 1. The lowest BCUT2D eigenvalue weighted by Gasteiger charge is -2.20. The first kappa shape index (κ1) is 21.0. The largest absolute Gasteiger partial charge is 0.345 e. The first-order valence-corrected chi connectivity index (χ1v) is 11.0. The topological polar surface area (TPSA) is 63.2 Å². The van der Waals surface area contributed by atoms with Gasteiger partial charge in [-0.1, -0.05) is 54.1 Å². The molecule has 0 radical (unpaired) electrons. The molecule has 0 saturated carbocycles. The van der Waals surface area contributed by atoms with E-state index in [-0.39, 0.29) is 17.1 Å². The molecular weight excluding hydrogens is 413 g/mol. The van der Waals surface area contributed by atoms with E-state index in [2.05, 4.69) is 5.32 Å². The number of rotatable bonds is 7. The molecule has 0 saturated heterocycles. The van der Waals surface area contributed by atoms with Crippen LogP contribution in [0.25, 0.3) is 0 Å². The third-order valence-corrected chi connectivity index (χ3v) is 6.40. The van der Waals surface area contributed by atoms with Crippen LogP contribution in [-0.4, -0.2) is 20.1 Å². The Balaban J connectivity index is 1.73. The lowest BCUT2D eigenvalue weighted by atomic mass is 9.98. The molecule has 1 N–H and O–H groups in total. The van der Waals surface area contributed by atoms with E-state index >= 15 is 0 Å². The zero-order valence-electron chi connectivity index (χ0n) is 15.4. The van der Waals surface area contributed by atoms with Crippen molar-refractivity contribution in [3.8, 4) is 0 Å². The maximum atomic E-state index is 13.0. The van der Waals surface area contributed by atoms with E-state index in [1.54, 1.807) is 12.1 Å². The highest BCUT2D eigenvalue weighted by Gasteiger charge is 2.20. The number of carbonyl (C=O) groups excluding carboxylic acids is 1. The number of sulfone groups is 1. The lowest BCUT2D eigenvalue weighted by Crippen LogP contribution is -2.30. The van der Waals surface area contributed by atoms with E-state index in [0.717, 1.165) is 23.3 Å². The second kappa shape index (κ2) is 9.20. The van der Waals surface area contributed by atoms with Gasteiger partial charge >= 0.3 is 0 Å². The van der Waals surface area contributed by atoms with Crippen molar-refractivity contribution in [2.24, 2.45) is 0 Å². The van der Waals surface area contributed by atoms with Gasteiger partial charge in [0.15, 0.2) is 9.84 Å². The standard InChI is InChI=1S/C22H19ClFNO3S/c23-18-8-6-17(7-9-18)22(16-4-2-1-3-5-16)25-21(26)14-15-29(27,28)20-12-10-19(24)11-13-20/h1-13,22H,14-15H2,(H,25,26)/t22-/m1/s1. The van der Waals surface area contributed by atoms with Gasteiger partial charge in [-0.05, 0) is 47.5 Å². The molecule has 4 nitrogen and oxygen atoms in total. The summed E-state index contributed by atoms with van der Waals surface area (Å²) < 4.78 is 37.8. The normalized spacial score (nSPS) is 12.3. The van der Waals surface area contributed by atoms with Crippen LogP contribution in [0.2, 0.25) is 5.02 Å². The molecule has 3 aromatic carbocycles. The molecule has 1 atom stereocenters. The fourth-order valence-electron chi connectivity index (χ4n) is 2.88. The first-order valence-electron chi connectivity index (χ1n) is 8.93. The number of hydrogen-bond donors (Lipinski definition) is 1. The summed E-state index contributed by atoms with van der Waals surface area (Å²) in [6.07, 6.45) is -0.212. The van der Waals surface area contributed by atoms with Gasteiger partial charge in [0.1, 0.15) is 5.82 Å². The molecule has 150 valence electrons. The van der Waals surface area contributed by atoms with Crippen molar-refractivity contribution in [1.82, 2.24) is 5.32 Å². The minimum atomic E-state index is -3.69. The Kier molecular flexibility index (Phi) is 6.67. The smallest absolute Gasteiger partial charge is 0.221 e. The Labute approximate surface area is 174 Å². The monoisotopic (exact) mass is 431 g/mol. The maximum Gasteiger partial charge on any atom is 0.221 e. The predicted molar refractivity (Wildman–Crippen MR) is 111 cm³/mol. The average Bonchev–Trinajstić information content (AvgIpc) is 2.72. The molecular formula is C22H19ClFNO3S. The van der Waals surface area contributed by atoms with Crippen LogP contribution in [0.3, 0.4) is 0 Å². The zero-order valence-corrected chi connectivity index (χ0v) is 17.0. The highest BCUT2D eigenvalue weighted by Crippen LogP contribution is 2.24. The third kappa shape index (κ3) is 5.65. The number of amides is 1. The van der Waals surface area contributed by atoms with E-state index in [9.17, 15) is 17.6 Å². The van der Waals surface area contributed by atoms with Crippen LogP contribution in [-0.2, 0) is 14.6 Å². The van der Waals surface area contributed by atoms with Gasteiger partial charge in [0.05, 0.1) is 16.7 Å². The van der Waals surface area contributed by atoms with E-state index in [4.69, 9.17) is 11.6 Å². The Morgan fingerprint density at radius 2 is 1.48 bits per heavy atom. The molecule has 0 aliphatic heterocycles. The highest BCUT2D eigenvalue weighted by atomic mass is 35.5. The van der Waals surface area contributed by atoms with E-state index < -0.39 is 27.6 Å². The average molecular weight is 432 g/mol. The molecule has 3 rings (SSSR count). The van der Waals surface area contributed by atoms with E-state index in [1.165, 1.54) is 12.1 Å². The van der Waals surface area contributed by atoms with Gasteiger partial charge in [-0.2, -0.15) is 0 Å². The Morgan fingerprint density at radius 3 is 2.10 bits per heavy atom. The lowest BCUT2D eigenvalue weighted by molar-refractivity contribution is -0.121. The SMILES string of the molecule is O=C(CCS(=O)(=O)c1ccc(F)cc1)N[C@H](c1ccccc1)c1ccc(Cl)cc1. The van der Waals surface area contributed by atoms with Crippen LogP contribution < -0.4 is 5.32 Å². The van der Waals surface area contributed by atoms with Crippen molar-refractivity contribution in [3.05, 3.63) is 101 Å². The Bertz CT molecular complexity index is 1070. The predicted octanol–water partition coefficient (Wildman–Crippen LogP) is 4.55. The number of benzene rings is 3. The Morgan fingerprint density at radius 1 is 0.897 bits per heavy atom. The minimum absolute atomic E-state index is 0.0102. The van der Waals surface area contributed by atoms with Crippen LogP contribution in [0.1, 0.15) is 23.6 Å². The van der Waals surface area contributed by atoms with E-state index in [1.807, 2.05) is 42.5 Å². The molecule has 29 heavy (non-hydrogen) atoms. The van der Waals surface area contributed by atoms with Gasteiger partial charge < -0.3 is 5.32 Å². The van der Waals surface area contributed by atoms with Crippen LogP contribution in [0.15, 0.2) is 83.8 Å². The summed E-state index contributed by atoms with van der Waals surface area (Å²) in [5.41, 5.74) is 1.69. The van der Waals surface area contributed by atoms with Gasteiger partial charge in [0.25, 0.3) is 0 Å². The van der Waals surface area contributed by atoms with Crippen molar-refractivity contribution in [3.63, 3.8) is 0 Å². The second-order valence-electron chi connectivity index (χ2n) is 6.49. The summed E-state index contributed by atoms with van der Waals surface area (Å²) in [6, 6.07) is 20.6. The van der Waals surface area contributed by atoms with Crippen molar-refractivity contribution >= 4 is 27.3 Å². The van der Waals surface area contributed by atoms with Crippen LogP contribution in [0, 0.1) is 5.82 Å². The van der Waals surface area contributed by atoms with Crippen molar-refractivity contribution in [1.29, 1.82) is 0 Å². The number of carbonyl (C=O) groups is 1. The third-order valence-electron chi connectivity index (χ3n) is 4.41. The quantitative estimate of drug-likeness (QED) is 0.558. The zero-order chi connectivity index (χ0) is 20.9. The molecule has 0 aliphatic rings. The molecule has 0 spiro atoms. The molecule has 0 heterocycles. The fourth-order valence-corrected chi connectivity index (χ4v) is 4.25. The molecule has 0 unspecified atom stereocenters. The van der Waals surface area contributed by atoms with Crippen LogP contribution in [0.4, 0.5) is 4.39 Å². The van der Waals surface area contributed by atoms with Crippen LogP contribution in [0.5, 0.6) is 0 Å². The van der Waals surface area contributed by atoms with Crippen LogP contribution >= 0.6 is 11.6 Å². The highest BCUT2D eigenvalue weighted by molar-refractivity contribution is 7.91. The van der Waals surface area contributed by atoms with E-state index in [0.29, 0.717) is 5.02 Å². The van der Waals surface area contributed by atoms with Gasteiger partial charge in [0, 0.05) is 11.4 Å². The summed E-state index contributed by atoms with van der Waals surface area (Å²) >= 11 is 5.96. The van der Waals surface area contributed by atoms with Gasteiger partial charge in [-0.3, -0.25) is 4.79 Å². The summed E-state index contributed by atoms with van der Waals surface area (Å²) in [6.45, 7) is 0. The summed E-state index contributed by atoms with van der Waals surface area (Å²) in [4.78, 5) is 12.5. The Hall–Kier alpha value is -2.70. The van der Waals surface area contributed by atoms with Crippen molar-refractivity contribution in [2.75, 3.05) is 5.75 Å². The van der Waals surface area contributed by atoms with Crippen molar-refractivity contribution < 1.29 is 17.6 Å². The molecule has 0 fully saturated rings. The van der Waals surface area contributed by atoms with Crippen molar-refractivity contribution in [2.45, 2.75) is 17.4 Å². The first-order chi connectivity index (χ1) is 13.8. The molecule has 7 heteroatoms. The van der Waals surface area contributed by atoms with Gasteiger partial charge in [-0.15, -0.1) is 0 Å². The molecule has 0 aliphatic carbocycles. The molecule has 1 amide bonds. The molecule has 3 aromatic rings. The summed E-state index contributed by atoms with van der Waals surface area (Å²) in [5.74, 6) is -1.29.